The Morgan fingerprint density at radius 1 is 1.64 bits per heavy atom. The molecule has 0 bridgehead atoms. The Bertz CT molecular complexity index is 143. The van der Waals surface area contributed by atoms with E-state index in [9.17, 15) is 4.79 Å². The molecule has 11 heavy (non-hydrogen) atoms. The van der Waals surface area contributed by atoms with E-state index in [0.29, 0.717) is 6.42 Å². The summed E-state index contributed by atoms with van der Waals surface area (Å²) in [6.45, 7) is 3.89. The fraction of sp³-hybridized carbons (Fsp3) is 0.875. The van der Waals surface area contributed by atoms with Gasteiger partial charge in [-0.05, 0) is 12.8 Å². The zero-order valence-corrected chi connectivity index (χ0v) is 7.05. The van der Waals surface area contributed by atoms with E-state index in [4.69, 9.17) is 5.73 Å². The van der Waals surface area contributed by atoms with Gasteiger partial charge in [0.2, 0.25) is 5.91 Å². The normalized spacial score (nSPS) is 19.3. The number of carbonyl (C=O) groups excluding carboxylic acids is 1. The van der Waals surface area contributed by atoms with Crippen LogP contribution in [0.4, 0.5) is 0 Å². The molecule has 1 rings (SSSR count). The molecule has 1 amide bonds. The minimum Gasteiger partial charge on any atom is -0.343 e. The van der Waals surface area contributed by atoms with Gasteiger partial charge in [-0.2, -0.15) is 0 Å². The molecular weight excluding hydrogens is 140 g/mol. The molecule has 1 unspecified atom stereocenters. The second-order valence-corrected chi connectivity index (χ2v) is 3.11. The van der Waals surface area contributed by atoms with Gasteiger partial charge in [0, 0.05) is 25.6 Å². The molecule has 1 saturated heterocycles. The molecule has 1 fully saturated rings. The molecule has 0 radical (unpaired) electrons. The molecule has 0 spiro atoms. The molecular formula is C8H16N2O. The summed E-state index contributed by atoms with van der Waals surface area (Å²) in [6.07, 6.45) is 2.57. The molecule has 0 saturated carbocycles. The number of nitrogens with zero attached hydrogens (tertiary/aromatic N) is 1. The van der Waals surface area contributed by atoms with Crippen LogP contribution in [0, 0.1) is 0 Å². The first-order valence-corrected chi connectivity index (χ1v) is 4.27. The summed E-state index contributed by atoms with van der Waals surface area (Å²) in [4.78, 5) is 13.1. The number of amides is 1. The van der Waals surface area contributed by atoms with E-state index in [2.05, 4.69) is 0 Å². The van der Waals surface area contributed by atoms with Crippen molar-refractivity contribution in [1.29, 1.82) is 0 Å². The van der Waals surface area contributed by atoms with Crippen LogP contribution in [0.25, 0.3) is 0 Å². The van der Waals surface area contributed by atoms with Crippen LogP contribution >= 0.6 is 0 Å². The summed E-state index contributed by atoms with van der Waals surface area (Å²) in [7, 11) is 0. The molecule has 1 aliphatic rings. The Morgan fingerprint density at radius 2 is 2.27 bits per heavy atom. The second kappa shape index (κ2) is 3.72. The molecule has 3 nitrogen and oxygen atoms in total. The Balaban J connectivity index is 2.19. The molecule has 0 aromatic heterocycles. The lowest BCUT2D eigenvalue weighted by Gasteiger charge is -2.31. The molecule has 3 heteroatoms. The van der Waals surface area contributed by atoms with Crippen molar-refractivity contribution in [3.05, 3.63) is 0 Å². The number of nitrogens with two attached hydrogens (primary N) is 1. The molecule has 1 atom stereocenters. The highest BCUT2D eigenvalue weighted by Crippen LogP contribution is 2.08. The van der Waals surface area contributed by atoms with Gasteiger partial charge in [-0.3, -0.25) is 4.79 Å². The van der Waals surface area contributed by atoms with Crippen molar-refractivity contribution in [3.8, 4) is 0 Å². The number of carbonyl (C=O) groups is 1. The van der Waals surface area contributed by atoms with E-state index >= 15 is 0 Å². The number of rotatable bonds is 3. The highest BCUT2D eigenvalue weighted by atomic mass is 16.2. The first kappa shape index (κ1) is 8.53. The SMILES string of the molecule is CCC(N)CC(=O)N1CCC1. The van der Waals surface area contributed by atoms with Crippen LogP contribution in [0.5, 0.6) is 0 Å². The first-order valence-electron chi connectivity index (χ1n) is 4.27. The summed E-state index contributed by atoms with van der Waals surface area (Å²) in [5.74, 6) is 0.227. The fourth-order valence-electron chi connectivity index (χ4n) is 1.06. The molecule has 1 heterocycles. The predicted molar refractivity (Wildman–Crippen MR) is 44.1 cm³/mol. The number of hydrogen-bond acceptors (Lipinski definition) is 2. The molecule has 2 N–H and O–H groups in total. The maximum atomic E-state index is 11.2. The summed E-state index contributed by atoms with van der Waals surface area (Å²) in [5.41, 5.74) is 5.64. The van der Waals surface area contributed by atoms with Gasteiger partial charge < -0.3 is 10.6 Å². The average molecular weight is 156 g/mol. The third-order valence-corrected chi connectivity index (χ3v) is 2.17. The van der Waals surface area contributed by atoms with Crippen molar-refractivity contribution in [3.63, 3.8) is 0 Å². The standard InChI is InChI=1S/C8H16N2O/c1-2-7(9)6-8(11)10-4-3-5-10/h7H,2-6,9H2,1H3. The molecule has 0 aliphatic carbocycles. The predicted octanol–water partition coefficient (Wildman–Crippen LogP) is 0.346. The third kappa shape index (κ3) is 2.19. The van der Waals surface area contributed by atoms with Gasteiger partial charge in [-0.25, -0.2) is 0 Å². The van der Waals surface area contributed by atoms with Gasteiger partial charge in [0.1, 0.15) is 0 Å². The molecule has 1 aliphatic heterocycles. The second-order valence-electron chi connectivity index (χ2n) is 3.11. The Morgan fingerprint density at radius 3 is 2.64 bits per heavy atom. The van der Waals surface area contributed by atoms with Crippen LogP contribution in [-0.2, 0) is 4.79 Å². The summed E-state index contributed by atoms with van der Waals surface area (Å²) < 4.78 is 0. The topological polar surface area (TPSA) is 46.3 Å². The fourth-order valence-corrected chi connectivity index (χ4v) is 1.06. The van der Waals surface area contributed by atoms with Gasteiger partial charge >= 0.3 is 0 Å². The van der Waals surface area contributed by atoms with Crippen LogP contribution in [-0.4, -0.2) is 29.9 Å². The minimum absolute atomic E-state index is 0.0584. The van der Waals surface area contributed by atoms with E-state index in [1.54, 1.807) is 0 Å². The van der Waals surface area contributed by atoms with Crippen molar-refractivity contribution in [2.75, 3.05) is 13.1 Å². The van der Waals surface area contributed by atoms with Crippen LogP contribution in [0.3, 0.4) is 0 Å². The molecule has 64 valence electrons. The quantitative estimate of drug-likeness (QED) is 0.640. The largest absolute Gasteiger partial charge is 0.343 e. The first-order chi connectivity index (χ1) is 5.24. The minimum atomic E-state index is 0.0584. The summed E-state index contributed by atoms with van der Waals surface area (Å²) in [5, 5.41) is 0. The van der Waals surface area contributed by atoms with Gasteiger partial charge in [0.25, 0.3) is 0 Å². The smallest absolute Gasteiger partial charge is 0.224 e. The lowest BCUT2D eigenvalue weighted by Crippen LogP contribution is -2.44. The lowest BCUT2D eigenvalue weighted by atomic mass is 10.1. The van der Waals surface area contributed by atoms with Gasteiger partial charge in [-0.1, -0.05) is 6.92 Å². The number of hydrogen-bond donors (Lipinski definition) is 1. The van der Waals surface area contributed by atoms with Gasteiger partial charge in [0.15, 0.2) is 0 Å². The monoisotopic (exact) mass is 156 g/mol. The van der Waals surface area contributed by atoms with Crippen molar-refractivity contribution < 1.29 is 4.79 Å². The lowest BCUT2D eigenvalue weighted by molar-refractivity contribution is -0.134. The summed E-state index contributed by atoms with van der Waals surface area (Å²) >= 11 is 0. The average Bonchev–Trinajstić information content (AvgIpc) is 1.83. The van der Waals surface area contributed by atoms with E-state index in [1.165, 1.54) is 0 Å². The highest BCUT2D eigenvalue weighted by molar-refractivity contribution is 5.77. The Kier molecular flexibility index (Phi) is 2.88. The zero-order chi connectivity index (χ0) is 8.27. The maximum absolute atomic E-state index is 11.2. The van der Waals surface area contributed by atoms with Crippen molar-refractivity contribution in [1.82, 2.24) is 4.90 Å². The maximum Gasteiger partial charge on any atom is 0.224 e. The van der Waals surface area contributed by atoms with Gasteiger partial charge in [0.05, 0.1) is 0 Å². The van der Waals surface area contributed by atoms with Crippen LogP contribution in [0.2, 0.25) is 0 Å². The van der Waals surface area contributed by atoms with Crippen molar-refractivity contribution in [2.24, 2.45) is 5.73 Å². The van der Waals surface area contributed by atoms with Gasteiger partial charge in [-0.15, -0.1) is 0 Å². The Hall–Kier alpha value is -0.570. The van der Waals surface area contributed by atoms with Crippen LogP contribution < -0.4 is 5.73 Å². The highest BCUT2D eigenvalue weighted by Gasteiger charge is 2.20. The third-order valence-electron chi connectivity index (χ3n) is 2.17. The number of likely N-dealkylation sites (tertiary alicyclic amines) is 1. The molecule has 0 aromatic rings. The van der Waals surface area contributed by atoms with Crippen molar-refractivity contribution >= 4 is 5.91 Å². The van der Waals surface area contributed by atoms with Crippen LogP contribution in [0.15, 0.2) is 0 Å². The van der Waals surface area contributed by atoms with Crippen LogP contribution in [0.1, 0.15) is 26.2 Å². The van der Waals surface area contributed by atoms with E-state index in [-0.39, 0.29) is 11.9 Å². The Labute approximate surface area is 67.5 Å². The van der Waals surface area contributed by atoms with E-state index in [1.807, 2.05) is 11.8 Å². The molecule has 0 aromatic carbocycles. The van der Waals surface area contributed by atoms with Crippen molar-refractivity contribution in [2.45, 2.75) is 32.2 Å². The van der Waals surface area contributed by atoms with E-state index in [0.717, 1.165) is 25.9 Å². The summed E-state index contributed by atoms with van der Waals surface area (Å²) in [6, 6.07) is 0.0584. The van der Waals surface area contributed by atoms with E-state index < -0.39 is 0 Å². The zero-order valence-electron chi connectivity index (χ0n) is 7.05.